The van der Waals surface area contributed by atoms with Gasteiger partial charge in [-0.25, -0.2) is 0 Å². The number of amides is 1. The molecule has 1 aliphatic rings. The second-order valence-corrected chi connectivity index (χ2v) is 6.26. The van der Waals surface area contributed by atoms with Crippen LogP contribution in [0.5, 0.6) is 0 Å². The van der Waals surface area contributed by atoms with E-state index in [2.05, 4.69) is 5.32 Å². The summed E-state index contributed by atoms with van der Waals surface area (Å²) < 4.78 is 0. The number of carbonyl (C=O) groups is 2. The first-order valence-electron chi connectivity index (χ1n) is 6.45. The quantitative estimate of drug-likeness (QED) is 0.820. The summed E-state index contributed by atoms with van der Waals surface area (Å²) >= 11 is 7.40. The zero-order chi connectivity index (χ0) is 14.5. The molecule has 1 saturated carbocycles. The van der Waals surface area contributed by atoms with Gasteiger partial charge in [0.1, 0.15) is 0 Å². The molecule has 1 aromatic rings. The maximum Gasteiger partial charge on any atom is 0.306 e. The largest absolute Gasteiger partial charge is 0.481 e. The number of carbonyl (C=O) groups excluding carboxylic acids is 1. The Labute approximate surface area is 126 Å². The number of nitrogens with one attached hydrogen (secondary N) is 1. The Bertz CT molecular complexity index is 509. The summed E-state index contributed by atoms with van der Waals surface area (Å²) in [6.45, 7) is 0. The fourth-order valence-electron chi connectivity index (χ4n) is 2.31. The van der Waals surface area contributed by atoms with E-state index in [-0.39, 0.29) is 23.6 Å². The van der Waals surface area contributed by atoms with Crippen molar-refractivity contribution in [3.05, 3.63) is 29.3 Å². The molecule has 1 amide bonds. The predicted molar refractivity (Wildman–Crippen MR) is 79.1 cm³/mol. The number of rotatable bonds is 5. The van der Waals surface area contributed by atoms with Crippen LogP contribution >= 0.6 is 23.4 Å². The van der Waals surface area contributed by atoms with E-state index < -0.39 is 5.97 Å². The van der Waals surface area contributed by atoms with Gasteiger partial charge in [-0.05, 0) is 31.4 Å². The minimum absolute atomic E-state index is 0.0181. The molecule has 6 heteroatoms. The molecule has 1 fully saturated rings. The molecule has 1 aromatic carbocycles. The third-order valence-electron chi connectivity index (χ3n) is 3.34. The van der Waals surface area contributed by atoms with Gasteiger partial charge in [-0.3, -0.25) is 9.59 Å². The first-order chi connectivity index (χ1) is 9.56. The van der Waals surface area contributed by atoms with Gasteiger partial charge in [0.05, 0.1) is 16.7 Å². The Morgan fingerprint density at radius 2 is 2.10 bits per heavy atom. The molecule has 0 unspecified atom stereocenters. The third kappa shape index (κ3) is 4.15. The molecule has 1 aliphatic carbocycles. The number of benzene rings is 1. The number of aliphatic carboxylic acids is 1. The Morgan fingerprint density at radius 1 is 1.35 bits per heavy atom. The van der Waals surface area contributed by atoms with Crippen LogP contribution in [0.2, 0.25) is 5.02 Å². The average Bonchev–Trinajstić information content (AvgIpc) is 2.86. The molecule has 108 valence electrons. The van der Waals surface area contributed by atoms with Crippen molar-refractivity contribution in [2.24, 2.45) is 5.92 Å². The molecule has 4 nitrogen and oxygen atoms in total. The predicted octanol–water partition coefficient (Wildman–Crippen LogP) is 2.80. The second kappa shape index (κ2) is 6.99. The van der Waals surface area contributed by atoms with Crippen molar-refractivity contribution in [3.63, 3.8) is 0 Å². The van der Waals surface area contributed by atoms with E-state index in [0.717, 1.165) is 11.3 Å². The van der Waals surface area contributed by atoms with Gasteiger partial charge in [-0.1, -0.05) is 23.7 Å². The SMILES string of the molecule is O=C(CSc1ccccc1Cl)N[C@@H]1CC[C@H](C(=O)O)C1. The van der Waals surface area contributed by atoms with Gasteiger partial charge in [0.25, 0.3) is 0 Å². The van der Waals surface area contributed by atoms with E-state index in [9.17, 15) is 9.59 Å². The van der Waals surface area contributed by atoms with Gasteiger partial charge in [-0.15, -0.1) is 11.8 Å². The summed E-state index contributed by atoms with van der Waals surface area (Å²) in [7, 11) is 0. The molecule has 0 saturated heterocycles. The molecule has 20 heavy (non-hydrogen) atoms. The molecular weight excluding hydrogens is 298 g/mol. The first kappa shape index (κ1) is 15.2. The highest BCUT2D eigenvalue weighted by Gasteiger charge is 2.30. The van der Waals surface area contributed by atoms with Crippen molar-refractivity contribution in [1.29, 1.82) is 0 Å². The van der Waals surface area contributed by atoms with E-state index in [0.29, 0.717) is 17.9 Å². The minimum atomic E-state index is -0.771. The summed E-state index contributed by atoms with van der Waals surface area (Å²) in [5, 5.41) is 12.4. The van der Waals surface area contributed by atoms with Crippen LogP contribution in [-0.2, 0) is 9.59 Å². The Morgan fingerprint density at radius 3 is 2.75 bits per heavy atom. The summed E-state index contributed by atoms with van der Waals surface area (Å²) in [6.07, 6.45) is 1.90. The van der Waals surface area contributed by atoms with Crippen LogP contribution in [0, 0.1) is 5.92 Å². The Hall–Kier alpha value is -1.20. The van der Waals surface area contributed by atoms with E-state index in [1.807, 2.05) is 18.2 Å². The molecule has 0 bridgehead atoms. The lowest BCUT2D eigenvalue weighted by atomic mass is 10.1. The van der Waals surface area contributed by atoms with Crippen molar-refractivity contribution >= 4 is 35.2 Å². The maximum atomic E-state index is 11.8. The average molecular weight is 314 g/mol. The number of halogens is 1. The summed E-state index contributed by atoms with van der Waals surface area (Å²) in [5.41, 5.74) is 0. The minimum Gasteiger partial charge on any atom is -0.481 e. The fourth-order valence-corrected chi connectivity index (χ4v) is 3.36. The van der Waals surface area contributed by atoms with Gasteiger partial charge in [0.2, 0.25) is 5.91 Å². The molecule has 0 radical (unpaired) electrons. The van der Waals surface area contributed by atoms with Crippen LogP contribution in [0.3, 0.4) is 0 Å². The summed E-state index contributed by atoms with van der Waals surface area (Å²) in [6, 6.07) is 7.36. The second-order valence-electron chi connectivity index (χ2n) is 4.83. The molecular formula is C14H16ClNO3S. The van der Waals surface area contributed by atoms with E-state index >= 15 is 0 Å². The Balaban J connectivity index is 1.77. The van der Waals surface area contributed by atoms with Gasteiger partial charge in [0, 0.05) is 10.9 Å². The number of hydrogen-bond acceptors (Lipinski definition) is 3. The lowest BCUT2D eigenvalue weighted by Gasteiger charge is -2.12. The third-order valence-corrected chi connectivity index (χ3v) is 4.86. The normalized spacial score (nSPS) is 21.6. The smallest absolute Gasteiger partial charge is 0.306 e. The number of hydrogen-bond donors (Lipinski definition) is 2. The van der Waals surface area contributed by atoms with Crippen LogP contribution in [-0.4, -0.2) is 28.8 Å². The van der Waals surface area contributed by atoms with Crippen LogP contribution in [0.15, 0.2) is 29.2 Å². The van der Waals surface area contributed by atoms with Crippen molar-refractivity contribution in [2.45, 2.75) is 30.2 Å². The fraction of sp³-hybridized carbons (Fsp3) is 0.429. The van der Waals surface area contributed by atoms with Crippen LogP contribution in [0.25, 0.3) is 0 Å². The summed E-state index contributed by atoms with van der Waals surface area (Å²) in [5.74, 6) is -0.882. The van der Waals surface area contributed by atoms with E-state index in [4.69, 9.17) is 16.7 Å². The number of carboxylic acid groups (broad SMARTS) is 1. The van der Waals surface area contributed by atoms with Crippen LogP contribution in [0.4, 0.5) is 0 Å². The topological polar surface area (TPSA) is 66.4 Å². The zero-order valence-corrected chi connectivity index (χ0v) is 12.4. The Kier molecular flexibility index (Phi) is 5.31. The van der Waals surface area contributed by atoms with Gasteiger partial charge in [-0.2, -0.15) is 0 Å². The van der Waals surface area contributed by atoms with Crippen molar-refractivity contribution in [2.75, 3.05) is 5.75 Å². The van der Waals surface area contributed by atoms with Crippen molar-refractivity contribution in [3.8, 4) is 0 Å². The van der Waals surface area contributed by atoms with Crippen molar-refractivity contribution < 1.29 is 14.7 Å². The summed E-state index contributed by atoms with van der Waals surface area (Å²) in [4.78, 5) is 23.6. The maximum absolute atomic E-state index is 11.8. The molecule has 2 N–H and O–H groups in total. The van der Waals surface area contributed by atoms with E-state index in [1.165, 1.54) is 11.8 Å². The van der Waals surface area contributed by atoms with Gasteiger partial charge in [0.15, 0.2) is 0 Å². The van der Waals surface area contributed by atoms with Gasteiger partial charge >= 0.3 is 5.97 Å². The molecule has 2 rings (SSSR count). The van der Waals surface area contributed by atoms with Crippen molar-refractivity contribution in [1.82, 2.24) is 5.32 Å². The lowest BCUT2D eigenvalue weighted by molar-refractivity contribution is -0.141. The monoisotopic (exact) mass is 313 g/mol. The highest BCUT2D eigenvalue weighted by molar-refractivity contribution is 8.00. The van der Waals surface area contributed by atoms with Crippen LogP contribution in [0.1, 0.15) is 19.3 Å². The molecule has 0 aliphatic heterocycles. The zero-order valence-electron chi connectivity index (χ0n) is 10.8. The highest BCUT2D eigenvalue weighted by Crippen LogP contribution is 2.28. The molecule has 0 spiro atoms. The number of carboxylic acids is 1. The van der Waals surface area contributed by atoms with E-state index in [1.54, 1.807) is 6.07 Å². The standard InChI is InChI=1S/C14H16ClNO3S/c15-11-3-1-2-4-12(11)20-8-13(17)16-10-6-5-9(7-10)14(18)19/h1-4,9-10H,5-8H2,(H,16,17)(H,18,19)/t9-,10+/m0/s1. The molecule has 2 atom stereocenters. The first-order valence-corrected chi connectivity index (χ1v) is 7.82. The number of thioether (sulfide) groups is 1. The molecule has 0 heterocycles. The highest BCUT2D eigenvalue weighted by atomic mass is 35.5. The van der Waals surface area contributed by atoms with Crippen LogP contribution < -0.4 is 5.32 Å². The molecule has 0 aromatic heterocycles. The van der Waals surface area contributed by atoms with Gasteiger partial charge < -0.3 is 10.4 Å². The lowest BCUT2D eigenvalue weighted by Crippen LogP contribution is -2.34.